The molecule has 1 N–H and O–H groups in total. The maximum absolute atomic E-state index is 13.0. The number of aromatic nitrogens is 2. The topological polar surface area (TPSA) is 75.2 Å². The second-order valence-electron chi connectivity index (χ2n) is 7.68. The number of hydrogen-bond donors (Lipinski definition) is 1. The van der Waals surface area contributed by atoms with Crippen LogP contribution in [0.25, 0.3) is 10.6 Å². The molecule has 0 aliphatic carbocycles. The molecule has 34 heavy (non-hydrogen) atoms. The summed E-state index contributed by atoms with van der Waals surface area (Å²) in [4.78, 5) is 27.4. The lowest BCUT2D eigenvalue weighted by molar-refractivity contribution is -0.131. The molecule has 8 heteroatoms. The predicted molar refractivity (Wildman–Crippen MR) is 138 cm³/mol. The number of rotatable bonds is 9. The van der Waals surface area contributed by atoms with E-state index in [0.29, 0.717) is 24.6 Å². The zero-order valence-corrected chi connectivity index (χ0v) is 20.8. The summed E-state index contributed by atoms with van der Waals surface area (Å²) < 4.78 is 0.949. The van der Waals surface area contributed by atoms with Crippen molar-refractivity contribution in [1.82, 2.24) is 15.1 Å². The summed E-state index contributed by atoms with van der Waals surface area (Å²) in [7, 11) is 0. The third-order valence-electron chi connectivity index (χ3n) is 5.12. The Hall–Kier alpha value is -3.36. The van der Waals surface area contributed by atoms with Crippen LogP contribution in [-0.4, -0.2) is 33.5 Å². The fraction of sp³-hybridized carbons (Fsp3) is 0.154. The molecule has 4 aromatic rings. The highest BCUT2D eigenvalue weighted by molar-refractivity contribution is 9.10. The molecule has 2 amide bonds. The first-order valence-electron chi connectivity index (χ1n) is 10.8. The Morgan fingerprint density at radius 3 is 2.29 bits per heavy atom. The number of benzene rings is 3. The van der Waals surface area contributed by atoms with Gasteiger partial charge >= 0.3 is 0 Å². The van der Waals surface area contributed by atoms with E-state index in [-0.39, 0.29) is 18.2 Å². The summed E-state index contributed by atoms with van der Waals surface area (Å²) >= 11 is 4.76. The van der Waals surface area contributed by atoms with Crippen LogP contribution in [0.15, 0.2) is 89.4 Å². The van der Waals surface area contributed by atoms with Crippen LogP contribution in [-0.2, 0) is 22.6 Å². The van der Waals surface area contributed by atoms with Crippen LogP contribution in [0.1, 0.15) is 17.5 Å². The minimum absolute atomic E-state index is 0.0179. The van der Waals surface area contributed by atoms with Gasteiger partial charge < -0.3 is 10.2 Å². The first-order valence-corrected chi connectivity index (χ1v) is 12.4. The lowest BCUT2D eigenvalue weighted by Gasteiger charge is -2.23. The Labute approximate surface area is 210 Å². The highest BCUT2D eigenvalue weighted by Crippen LogP contribution is 2.28. The number of carbonyl (C=O) groups is 2. The van der Waals surface area contributed by atoms with Gasteiger partial charge in [0.1, 0.15) is 5.01 Å². The van der Waals surface area contributed by atoms with Crippen molar-refractivity contribution >= 4 is 44.2 Å². The SMILES string of the molecule is O=C(CCN(Cc1ccccc1)C(=O)Cc1ccccc1)Nc1nnc(-c2cccc(Br)c2)s1. The first kappa shape index (κ1) is 23.8. The van der Waals surface area contributed by atoms with Crippen molar-refractivity contribution in [2.24, 2.45) is 0 Å². The molecule has 0 aliphatic heterocycles. The number of hydrogen-bond acceptors (Lipinski definition) is 5. The lowest BCUT2D eigenvalue weighted by atomic mass is 10.1. The number of anilines is 1. The highest BCUT2D eigenvalue weighted by atomic mass is 79.9. The zero-order chi connectivity index (χ0) is 23.8. The maximum Gasteiger partial charge on any atom is 0.227 e. The van der Waals surface area contributed by atoms with Gasteiger partial charge in [-0.05, 0) is 23.3 Å². The molecule has 0 bridgehead atoms. The highest BCUT2D eigenvalue weighted by Gasteiger charge is 2.17. The van der Waals surface area contributed by atoms with Gasteiger partial charge in [0.25, 0.3) is 0 Å². The van der Waals surface area contributed by atoms with E-state index >= 15 is 0 Å². The normalized spacial score (nSPS) is 10.6. The number of halogens is 1. The van der Waals surface area contributed by atoms with E-state index in [1.54, 1.807) is 4.90 Å². The largest absolute Gasteiger partial charge is 0.338 e. The van der Waals surface area contributed by atoms with Gasteiger partial charge in [0, 0.05) is 29.5 Å². The molecule has 4 rings (SSSR count). The molecule has 0 atom stereocenters. The van der Waals surface area contributed by atoms with E-state index < -0.39 is 0 Å². The standard InChI is InChI=1S/C26H23BrN4O2S/c27-22-13-7-12-21(17-22)25-29-30-26(34-25)28-23(32)14-15-31(18-20-10-5-2-6-11-20)24(33)16-19-8-3-1-4-9-19/h1-13,17H,14-16,18H2,(H,28,30,32). The van der Waals surface area contributed by atoms with Gasteiger partial charge in [-0.25, -0.2) is 0 Å². The van der Waals surface area contributed by atoms with Gasteiger partial charge in [0.2, 0.25) is 16.9 Å². The van der Waals surface area contributed by atoms with Crippen molar-refractivity contribution in [1.29, 1.82) is 0 Å². The van der Waals surface area contributed by atoms with Crippen LogP contribution < -0.4 is 5.32 Å². The van der Waals surface area contributed by atoms with Crippen LogP contribution in [0.4, 0.5) is 5.13 Å². The second kappa shape index (κ2) is 11.7. The van der Waals surface area contributed by atoms with E-state index in [9.17, 15) is 9.59 Å². The maximum atomic E-state index is 13.0. The Bertz CT molecular complexity index is 1250. The summed E-state index contributed by atoms with van der Waals surface area (Å²) in [5.74, 6) is -0.224. The number of amides is 2. The quantitative estimate of drug-likeness (QED) is 0.304. The third-order valence-corrected chi connectivity index (χ3v) is 6.50. The van der Waals surface area contributed by atoms with Crippen LogP contribution >= 0.6 is 27.3 Å². The Morgan fingerprint density at radius 2 is 1.59 bits per heavy atom. The van der Waals surface area contributed by atoms with Crippen molar-refractivity contribution < 1.29 is 9.59 Å². The molecule has 0 saturated carbocycles. The van der Waals surface area contributed by atoms with Crippen LogP contribution in [0.5, 0.6) is 0 Å². The number of nitrogens with zero attached hydrogens (tertiary/aromatic N) is 3. The summed E-state index contributed by atoms with van der Waals surface area (Å²) in [6, 6.07) is 27.2. The third kappa shape index (κ3) is 6.82. The van der Waals surface area contributed by atoms with E-state index in [1.807, 2.05) is 84.9 Å². The monoisotopic (exact) mass is 534 g/mol. The number of carbonyl (C=O) groups excluding carboxylic acids is 2. The van der Waals surface area contributed by atoms with E-state index in [0.717, 1.165) is 26.2 Å². The Morgan fingerprint density at radius 1 is 0.882 bits per heavy atom. The van der Waals surface area contributed by atoms with Gasteiger partial charge in [-0.3, -0.25) is 9.59 Å². The summed E-state index contributed by atoms with van der Waals surface area (Å²) in [6.07, 6.45) is 0.459. The molecule has 1 aromatic heterocycles. The summed E-state index contributed by atoms with van der Waals surface area (Å²) in [5.41, 5.74) is 2.89. The fourth-order valence-corrected chi connectivity index (χ4v) is 4.56. The van der Waals surface area contributed by atoms with Gasteiger partial charge in [-0.2, -0.15) is 0 Å². The minimum atomic E-state index is -0.206. The summed E-state index contributed by atoms with van der Waals surface area (Å²) in [6.45, 7) is 0.759. The smallest absolute Gasteiger partial charge is 0.227 e. The van der Waals surface area contributed by atoms with Crippen LogP contribution in [0, 0.1) is 0 Å². The van der Waals surface area contributed by atoms with Crippen molar-refractivity contribution in [3.8, 4) is 10.6 Å². The van der Waals surface area contributed by atoms with Crippen molar-refractivity contribution in [3.63, 3.8) is 0 Å². The molecular formula is C26H23BrN4O2S. The second-order valence-corrected chi connectivity index (χ2v) is 9.58. The van der Waals surface area contributed by atoms with Crippen molar-refractivity contribution in [3.05, 3.63) is 101 Å². The Kier molecular flexibility index (Phi) is 8.17. The molecule has 0 saturated heterocycles. The molecule has 3 aromatic carbocycles. The summed E-state index contributed by atoms with van der Waals surface area (Å²) in [5, 5.41) is 12.2. The first-order chi connectivity index (χ1) is 16.6. The Balaban J connectivity index is 1.38. The molecule has 0 aliphatic rings. The van der Waals surface area contributed by atoms with Gasteiger partial charge in [-0.1, -0.05) is 100 Å². The van der Waals surface area contributed by atoms with Crippen molar-refractivity contribution in [2.45, 2.75) is 19.4 Å². The average molecular weight is 535 g/mol. The van der Waals surface area contributed by atoms with Gasteiger partial charge in [0.15, 0.2) is 0 Å². The molecule has 172 valence electrons. The van der Waals surface area contributed by atoms with E-state index in [4.69, 9.17) is 0 Å². The minimum Gasteiger partial charge on any atom is -0.338 e. The van der Waals surface area contributed by atoms with E-state index in [1.165, 1.54) is 11.3 Å². The molecule has 0 unspecified atom stereocenters. The van der Waals surface area contributed by atoms with Gasteiger partial charge in [-0.15, -0.1) is 10.2 Å². The average Bonchev–Trinajstić information content (AvgIpc) is 3.31. The fourth-order valence-electron chi connectivity index (χ4n) is 3.41. The number of nitrogens with one attached hydrogen (secondary N) is 1. The molecule has 0 fully saturated rings. The zero-order valence-electron chi connectivity index (χ0n) is 18.4. The van der Waals surface area contributed by atoms with Crippen LogP contribution in [0.3, 0.4) is 0 Å². The van der Waals surface area contributed by atoms with Crippen molar-refractivity contribution in [2.75, 3.05) is 11.9 Å². The molecule has 1 heterocycles. The molecule has 0 spiro atoms. The molecule has 0 radical (unpaired) electrons. The molecule has 6 nitrogen and oxygen atoms in total. The molecular weight excluding hydrogens is 512 g/mol. The lowest BCUT2D eigenvalue weighted by Crippen LogP contribution is -2.34. The van der Waals surface area contributed by atoms with Gasteiger partial charge in [0.05, 0.1) is 6.42 Å². The van der Waals surface area contributed by atoms with E-state index in [2.05, 4.69) is 31.4 Å². The predicted octanol–water partition coefficient (Wildman–Crippen LogP) is 5.57. The van der Waals surface area contributed by atoms with Crippen LogP contribution in [0.2, 0.25) is 0 Å².